The second-order valence-electron chi connectivity index (χ2n) is 4.17. The fourth-order valence-corrected chi connectivity index (χ4v) is 1.50. The topological polar surface area (TPSA) is 134 Å². The molecule has 0 radical (unpaired) electrons. The lowest BCUT2D eigenvalue weighted by atomic mass is 10.2. The number of imide groups is 1. The Balaban J connectivity index is 2.99. The van der Waals surface area contributed by atoms with Crippen molar-refractivity contribution in [1.29, 1.82) is 0 Å². The van der Waals surface area contributed by atoms with Gasteiger partial charge in [0.1, 0.15) is 0 Å². The molecule has 23 heavy (non-hydrogen) atoms. The molecule has 0 unspecified atom stereocenters. The third kappa shape index (κ3) is 4.66. The molecule has 0 aliphatic rings. The van der Waals surface area contributed by atoms with Crippen LogP contribution in [0, 0.1) is 10.1 Å². The van der Waals surface area contributed by atoms with Crippen LogP contribution in [0.25, 0.3) is 0 Å². The smallest absolute Gasteiger partial charge is 0.413 e. The van der Waals surface area contributed by atoms with Crippen LogP contribution in [0.1, 0.15) is 17.3 Å². The highest BCUT2D eigenvalue weighted by atomic mass is 16.6. The predicted molar refractivity (Wildman–Crippen MR) is 75.1 cm³/mol. The van der Waals surface area contributed by atoms with E-state index in [1.807, 2.05) is 5.32 Å². The molecule has 10 nitrogen and oxygen atoms in total. The Morgan fingerprint density at radius 3 is 2.39 bits per heavy atom. The van der Waals surface area contributed by atoms with E-state index < -0.39 is 34.7 Å². The molecule has 0 saturated carbocycles. The second-order valence-corrected chi connectivity index (χ2v) is 4.17. The Kier molecular flexibility index (Phi) is 6.01. The highest BCUT2D eigenvalue weighted by Crippen LogP contribution is 2.29. The molecule has 1 rings (SSSR count). The summed E-state index contributed by atoms with van der Waals surface area (Å²) in [6.07, 6.45) is -2.20. The van der Waals surface area contributed by atoms with E-state index >= 15 is 0 Å². The Morgan fingerprint density at radius 1 is 1.22 bits per heavy atom. The van der Waals surface area contributed by atoms with Gasteiger partial charge in [-0.1, -0.05) is 0 Å². The number of amides is 2. The zero-order valence-corrected chi connectivity index (χ0v) is 12.5. The molecule has 10 heteroatoms. The van der Waals surface area contributed by atoms with E-state index in [0.717, 1.165) is 26.4 Å². The number of ether oxygens (including phenoxy) is 3. The van der Waals surface area contributed by atoms with Gasteiger partial charge in [-0.2, -0.15) is 0 Å². The van der Waals surface area contributed by atoms with Gasteiger partial charge in [0.15, 0.2) is 11.9 Å². The average Bonchev–Trinajstić information content (AvgIpc) is 2.53. The summed E-state index contributed by atoms with van der Waals surface area (Å²) in [4.78, 5) is 44.2. The Morgan fingerprint density at radius 2 is 1.87 bits per heavy atom. The first-order valence-corrected chi connectivity index (χ1v) is 6.22. The zero-order valence-electron chi connectivity index (χ0n) is 12.5. The number of benzene rings is 1. The molecule has 0 spiro atoms. The largest absolute Gasteiger partial charge is 0.474 e. The van der Waals surface area contributed by atoms with Crippen LogP contribution in [0.15, 0.2) is 18.2 Å². The number of carbonyl (C=O) groups excluding carboxylic acids is 3. The van der Waals surface area contributed by atoms with Crippen molar-refractivity contribution in [2.24, 2.45) is 0 Å². The molecule has 1 atom stereocenters. The minimum absolute atomic E-state index is 0.0433. The van der Waals surface area contributed by atoms with Crippen LogP contribution in [-0.4, -0.2) is 43.2 Å². The molecule has 2 amide bonds. The number of carbonyl (C=O) groups is 3. The van der Waals surface area contributed by atoms with Gasteiger partial charge >= 0.3 is 17.7 Å². The van der Waals surface area contributed by atoms with E-state index in [9.17, 15) is 24.5 Å². The number of rotatable bonds is 5. The molecular weight excluding hydrogens is 312 g/mol. The van der Waals surface area contributed by atoms with Gasteiger partial charge in [-0.3, -0.25) is 20.2 Å². The molecule has 0 heterocycles. The van der Waals surface area contributed by atoms with Crippen LogP contribution in [-0.2, 0) is 14.3 Å². The lowest BCUT2D eigenvalue weighted by molar-refractivity contribution is -0.386. The lowest BCUT2D eigenvalue weighted by Gasteiger charge is -2.14. The fourth-order valence-electron chi connectivity index (χ4n) is 1.50. The number of nitro groups is 1. The standard InChI is InChI=1S/C13H14N2O8/c1-7(11(16)14-13(18)22-3)23-10-5-4-8(12(17)21-2)6-9(10)15(19)20/h4-7H,1-3H3,(H,14,16,18)/t7-/m1/s1. The quantitative estimate of drug-likeness (QED) is 0.481. The molecule has 1 N–H and O–H groups in total. The van der Waals surface area contributed by atoms with Crippen LogP contribution in [0.2, 0.25) is 0 Å². The Bertz CT molecular complexity index is 643. The summed E-state index contributed by atoms with van der Waals surface area (Å²) >= 11 is 0. The van der Waals surface area contributed by atoms with Crippen molar-refractivity contribution in [3.63, 3.8) is 0 Å². The van der Waals surface area contributed by atoms with E-state index in [1.165, 1.54) is 13.0 Å². The predicted octanol–water partition coefficient (Wildman–Crippen LogP) is 1.03. The summed E-state index contributed by atoms with van der Waals surface area (Å²) in [5, 5.41) is 12.9. The third-order valence-corrected chi connectivity index (χ3v) is 2.66. The number of hydrogen-bond donors (Lipinski definition) is 1. The summed E-state index contributed by atoms with van der Waals surface area (Å²) in [5.41, 5.74) is -0.566. The maximum absolute atomic E-state index is 11.6. The van der Waals surface area contributed by atoms with Gasteiger partial charge in [-0.25, -0.2) is 9.59 Å². The van der Waals surface area contributed by atoms with E-state index in [4.69, 9.17) is 4.74 Å². The second kappa shape index (κ2) is 7.73. The van der Waals surface area contributed by atoms with Crippen LogP contribution in [0.5, 0.6) is 5.75 Å². The first-order valence-electron chi connectivity index (χ1n) is 6.22. The van der Waals surface area contributed by atoms with Gasteiger partial charge in [0.25, 0.3) is 5.91 Å². The van der Waals surface area contributed by atoms with E-state index in [1.54, 1.807) is 0 Å². The number of methoxy groups -OCH3 is 2. The summed E-state index contributed by atoms with van der Waals surface area (Å²) in [6, 6.07) is 3.37. The lowest BCUT2D eigenvalue weighted by Crippen LogP contribution is -2.40. The normalized spacial score (nSPS) is 11.1. The number of nitrogens with one attached hydrogen (secondary N) is 1. The summed E-state index contributed by atoms with van der Waals surface area (Å²) in [6.45, 7) is 1.29. The average molecular weight is 326 g/mol. The minimum Gasteiger partial charge on any atom is -0.474 e. The molecule has 0 aliphatic heterocycles. The van der Waals surface area contributed by atoms with Gasteiger partial charge in [-0.05, 0) is 19.1 Å². The maximum atomic E-state index is 11.6. The van der Waals surface area contributed by atoms with Crippen LogP contribution in [0.4, 0.5) is 10.5 Å². The molecule has 0 aromatic heterocycles. The summed E-state index contributed by atoms with van der Waals surface area (Å²) in [5.74, 6) is -1.84. The van der Waals surface area contributed by atoms with Gasteiger partial charge in [-0.15, -0.1) is 0 Å². The SMILES string of the molecule is COC(=O)NC(=O)[C@@H](C)Oc1ccc(C(=O)OC)cc1[N+](=O)[O-]. The molecule has 1 aromatic rings. The first kappa shape index (κ1) is 17.9. The summed E-state index contributed by atoms with van der Waals surface area (Å²) < 4.78 is 13.9. The maximum Gasteiger partial charge on any atom is 0.413 e. The van der Waals surface area contributed by atoms with Crippen molar-refractivity contribution in [3.05, 3.63) is 33.9 Å². The Labute approximate surface area is 130 Å². The molecule has 0 bridgehead atoms. The van der Waals surface area contributed by atoms with Crippen molar-refractivity contribution < 1.29 is 33.5 Å². The van der Waals surface area contributed by atoms with Crippen LogP contribution >= 0.6 is 0 Å². The van der Waals surface area contributed by atoms with Crippen molar-refractivity contribution in [2.45, 2.75) is 13.0 Å². The van der Waals surface area contributed by atoms with Crippen LogP contribution < -0.4 is 10.1 Å². The van der Waals surface area contributed by atoms with Gasteiger partial charge < -0.3 is 14.2 Å². The highest BCUT2D eigenvalue weighted by molar-refractivity contribution is 5.94. The molecule has 1 aromatic carbocycles. The van der Waals surface area contributed by atoms with Crippen molar-refractivity contribution in [3.8, 4) is 5.75 Å². The van der Waals surface area contributed by atoms with Crippen molar-refractivity contribution >= 4 is 23.7 Å². The number of alkyl carbamates (subject to hydrolysis) is 1. The van der Waals surface area contributed by atoms with Crippen molar-refractivity contribution in [1.82, 2.24) is 5.32 Å². The molecule has 124 valence electrons. The highest BCUT2D eigenvalue weighted by Gasteiger charge is 2.24. The van der Waals surface area contributed by atoms with Crippen LogP contribution in [0.3, 0.4) is 0 Å². The summed E-state index contributed by atoms with van der Waals surface area (Å²) in [7, 11) is 2.21. The molecule has 0 aliphatic carbocycles. The van der Waals surface area contributed by atoms with E-state index in [2.05, 4.69) is 9.47 Å². The van der Waals surface area contributed by atoms with E-state index in [-0.39, 0.29) is 11.3 Å². The fraction of sp³-hybridized carbons (Fsp3) is 0.308. The van der Waals surface area contributed by atoms with Gasteiger partial charge in [0.05, 0.1) is 24.7 Å². The molecular formula is C13H14N2O8. The van der Waals surface area contributed by atoms with Gasteiger partial charge in [0.2, 0.25) is 0 Å². The number of nitro benzene ring substituents is 1. The molecule has 0 fully saturated rings. The van der Waals surface area contributed by atoms with Gasteiger partial charge in [0, 0.05) is 6.07 Å². The van der Waals surface area contributed by atoms with Crippen molar-refractivity contribution in [2.75, 3.05) is 14.2 Å². The zero-order chi connectivity index (χ0) is 17.6. The monoisotopic (exact) mass is 326 g/mol. The number of hydrogen-bond acceptors (Lipinski definition) is 8. The Hall–Kier alpha value is -3.17. The molecule has 0 saturated heterocycles. The number of esters is 1. The minimum atomic E-state index is -1.21. The third-order valence-electron chi connectivity index (χ3n) is 2.66. The number of nitrogens with zero attached hydrogens (tertiary/aromatic N) is 1. The van der Waals surface area contributed by atoms with E-state index in [0.29, 0.717) is 0 Å². The first-order chi connectivity index (χ1) is 10.8.